The molecular formula is C26H25NO5. The third-order valence-electron chi connectivity index (χ3n) is 5.65. The minimum absolute atomic E-state index is 0.139. The lowest BCUT2D eigenvalue weighted by Crippen LogP contribution is -2.29. The Hall–Kier alpha value is -3.67. The number of benzene rings is 3. The van der Waals surface area contributed by atoms with Gasteiger partial charge in [-0.1, -0.05) is 43.3 Å². The van der Waals surface area contributed by atoms with Gasteiger partial charge in [-0.3, -0.25) is 9.59 Å². The van der Waals surface area contributed by atoms with Crippen LogP contribution in [0.15, 0.2) is 48.5 Å². The Bertz CT molecular complexity index is 1200. The van der Waals surface area contributed by atoms with Crippen molar-refractivity contribution in [2.75, 3.05) is 11.5 Å². The molecule has 0 radical (unpaired) electrons. The van der Waals surface area contributed by atoms with Crippen LogP contribution in [0.4, 0.5) is 5.69 Å². The molecule has 0 spiro atoms. The van der Waals surface area contributed by atoms with Crippen LogP contribution in [0.25, 0.3) is 10.8 Å². The number of aldehydes is 1. The summed E-state index contributed by atoms with van der Waals surface area (Å²) in [5.41, 5.74) is 1.70. The van der Waals surface area contributed by atoms with Gasteiger partial charge < -0.3 is 14.3 Å². The van der Waals surface area contributed by atoms with E-state index in [9.17, 15) is 14.4 Å². The van der Waals surface area contributed by atoms with Crippen LogP contribution in [0.3, 0.4) is 0 Å². The average Bonchev–Trinajstić information content (AvgIpc) is 3.07. The van der Waals surface area contributed by atoms with Crippen LogP contribution >= 0.6 is 0 Å². The maximum absolute atomic E-state index is 13.6. The van der Waals surface area contributed by atoms with Crippen molar-refractivity contribution in [2.45, 2.75) is 39.7 Å². The molecule has 0 saturated heterocycles. The van der Waals surface area contributed by atoms with E-state index < -0.39 is 11.8 Å². The second-order valence-electron chi connectivity index (χ2n) is 7.71. The molecule has 0 fully saturated rings. The molecule has 0 saturated carbocycles. The SMILES string of the molecule is CCOc1c2c(c(OC(C)CC)c3ccccc13)C(=O)N(c1ccc(CC=O)cc1)C2=O. The first kappa shape index (κ1) is 21.6. The third kappa shape index (κ3) is 3.51. The van der Waals surface area contributed by atoms with Crippen molar-refractivity contribution >= 4 is 34.6 Å². The van der Waals surface area contributed by atoms with Crippen molar-refractivity contribution in [1.82, 2.24) is 0 Å². The highest BCUT2D eigenvalue weighted by Crippen LogP contribution is 2.46. The molecule has 2 amide bonds. The summed E-state index contributed by atoms with van der Waals surface area (Å²) in [4.78, 5) is 39.1. The van der Waals surface area contributed by atoms with Gasteiger partial charge in [0.1, 0.15) is 17.8 Å². The van der Waals surface area contributed by atoms with E-state index in [0.717, 1.165) is 33.9 Å². The van der Waals surface area contributed by atoms with Crippen LogP contribution in [0.2, 0.25) is 0 Å². The first-order valence-electron chi connectivity index (χ1n) is 10.8. The summed E-state index contributed by atoms with van der Waals surface area (Å²) in [5.74, 6) is -0.0886. The maximum Gasteiger partial charge on any atom is 0.270 e. The molecule has 3 aromatic carbocycles. The van der Waals surface area contributed by atoms with Gasteiger partial charge in [0, 0.05) is 17.2 Å². The molecular weight excluding hydrogens is 406 g/mol. The van der Waals surface area contributed by atoms with Gasteiger partial charge in [0.15, 0.2) is 0 Å². The monoisotopic (exact) mass is 431 g/mol. The van der Waals surface area contributed by atoms with E-state index in [2.05, 4.69) is 0 Å². The van der Waals surface area contributed by atoms with Crippen molar-refractivity contribution in [2.24, 2.45) is 0 Å². The molecule has 1 unspecified atom stereocenters. The van der Waals surface area contributed by atoms with Crippen molar-refractivity contribution < 1.29 is 23.9 Å². The molecule has 1 atom stereocenters. The third-order valence-corrected chi connectivity index (χ3v) is 5.65. The zero-order valence-corrected chi connectivity index (χ0v) is 18.4. The lowest BCUT2D eigenvalue weighted by Gasteiger charge is -2.19. The molecule has 4 rings (SSSR count). The van der Waals surface area contributed by atoms with Gasteiger partial charge in [0.25, 0.3) is 11.8 Å². The Morgan fingerprint density at radius 2 is 1.50 bits per heavy atom. The first-order chi connectivity index (χ1) is 15.5. The van der Waals surface area contributed by atoms with E-state index in [4.69, 9.17) is 9.47 Å². The minimum Gasteiger partial charge on any atom is -0.492 e. The molecule has 0 bridgehead atoms. The Labute approximate surface area is 186 Å². The summed E-state index contributed by atoms with van der Waals surface area (Å²) >= 11 is 0. The van der Waals surface area contributed by atoms with E-state index in [1.165, 1.54) is 0 Å². The second kappa shape index (κ2) is 8.83. The highest BCUT2D eigenvalue weighted by atomic mass is 16.5. The molecule has 1 aliphatic heterocycles. The lowest BCUT2D eigenvalue weighted by molar-refractivity contribution is -0.107. The van der Waals surface area contributed by atoms with Gasteiger partial charge in [0.2, 0.25) is 0 Å². The number of fused-ring (bicyclic) bond motifs is 2. The normalized spacial score (nSPS) is 13.9. The molecule has 0 aliphatic carbocycles. The first-order valence-corrected chi connectivity index (χ1v) is 10.8. The fourth-order valence-electron chi connectivity index (χ4n) is 3.91. The largest absolute Gasteiger partial charge is 0.492 e. The van der Waals surface area contributed by atoms with Crippen molar-refractivity contribution in [3.8, 4) is 11.5 Å². The van der Waals surface area contributed by atoms with Gasteiger partial charge in [0.05, 0.1) is 29.5 Å². The van der Waals surface area contributed by atoms with Crippen LogP contribution < -0.4 is 14.4 Å². The van der Waals surface area contributed by atoms with Gasteiger partial charge in [-0.15, -0.1) is 0 Å². The number of imide groups is 1. The molecule has 32 heavy (non-hydrogen) atoms. The Kier molecular flexibility index (Phi) is 5.95. The van der Waals surface area contributed by atoms with Gasteiger partial charge in [-0.2, -0.15) is 0 Å². The average molecular weight is 431 g/mol. The summed E-state index contributed by atoms with van der Waals surface area (Å²) < 4.78 is 12.1. The molecule has 3 aromatic rings. The van der Waals surface area contributed by atoms with E-state index in [1.807, 2.05) is 45.0 Å². The number of carbonyl (C=O) groups excluding carboxylic acids is 3. The maximum atomic E-state index is 13.6. The molecule has 164 valence electrons. The quantitative estimate of drug-likeness (QED) is 0.372. The van der Waals surface area contributed by atoms with Gasteiger partial charge >= 0.3 is 0 Å². The van der Waals surface area contributed by atoms with E-state index in [-0.39, 0.29) is 23.7 Å². The molecule has 6 nitrogen and oxygen atoms in total. The number of hydrogen-bond acceptors (Lipinski definition) is 5. The van der Waals surface area contributed by atoms with Crippen LogP contribution in [0.5, 0.6) is 11.5 Å². The highest BCUT2D eigenvalue weighted by Gasteiger charge is 2.43. The number of carbonyl (C=O) groups is 3. The van der Waals surface area contributed by atoms with Crippen molar-refractivity contribution in [3.05, 3.63) is 65.2 Å². The Balaban J connectivity index is 1.94. The number of hydrogen-bond donors (Lipinski definition) is 0. The number of ether oxygens (including phenoxy) is 2. The molecule has 1 aliphatic rings. The predicted octanol–water partition coefficient (Wildman–Crippen LogP) is 4.96. The summed E-state index contributed by atoms with van der Waals surface area (Å²) in [6.45, 7) is 6.13. The van der Waals surface area contributed by atoms with Gasteiger partial charge in [-0.05, 0) is 38.0 Å². The van der Waals surface area contributed by atoms with E-state index in [1.54, 1.807) is 24.3 Å². The number of nitrogens with zero attached hydrogens (tertiary/aromatic N) is 1. The van der Waals surface area contributed by atoms with Crippen LogP contribution in [0.1, 0.15) is 53.5 Å². The van der Waals surface area contributed by atoms with Crippen LogP contribution in [-0.4, -0.2) is 30.8 Å². The zero-order chi connectivity index (χ0) is 22.8. The number of rotatable bonds is 8. The Morgan fingerprint density at radius 3 is 2.06 bits per heavy atom. The number of amides is 2. The number of anilines is 1. The van der Waals surface area contributed by atoms with Crippen molar-refractivity contribution in [1.29, 1.82) is 0 Å². The van der Waals surface area contributed by atoms with E-state index >= 15 is 0 Å². The highest BCUT2D eigenvalue weighted by molar-refractivity contribution is 6.38. The molecule has 0 aromatic heterocycles. The Morgan fingerprint density at radius 1 is 0.906 bits per heavy atom. The summed E-state index contributed by atoms with van der Waals surface area (Å²) in [7, 11) is 0. The summed E-state index contributed by atoms with van der Waals surface area (Å²) in [6, 6.07) is 14.3. The summed E-state index contributed by atoms with van der Waals surface area (Å²) in [6.07, 6.45) is 1.70. The van der Waals surface area contributed by atoms with Crippen LogP contribution in [-0.2, 0) is 11.2 Å². The lowest BCUT2D eigenvalue weighted by atomic mass is 9.98. The van der Waals surface area contributed by atoms with E-state index in [0.29, 0.717) is 23.8 Å². The van der Waals surface area contributed by atoms with Gasteiger partial charge in [-0.25, -0.2) is 4.90 Å². The topological polar surface area (TPSA) is 72.9 Å². The second-order valence-corrected chi connectivity index (χ2v) is 7.71. The fraction of sp³-hybridized carbons (Fsp3) is 0.269. The van der Waals surface area contributed by atoms with Crippen molar-refractivity contribution in [3.63, 3.8) is 0 Å². The summed E-state index contributed by atoms with van der Waals surface area (Å²) in [5, 5.41) is 1.47. The fourth-order valence-corrected chi connectivity index (χ4v) is 3.91. The standard InChI is InChI=1S/C26H25NO5/c1-4-16(3)32-24-20-9-7-6-8-19(20)23(31-5-2)21-22(24)26(30)27(25(21)29)18-12-10-17(11-13-18)14-15-28/h6-13,15-16H,4-5,14H2,1-3H3. The molecule has 6 heteroatoms. The molecule has 0 N–H and O–H groups in total. The predicted molar refractivity (Wildman–Crippen MR) is 123 cm³/mol. The van der Waals surface area contributed by atoms with Crippen LogP contribution in [0, 0.1) is 0 Å². The minimum atomic E-state index is -0.448. The zero-order valence-electron chi connectivity index (χ0n) is 18.4. The molecule has 1 heterocycles. The smallest absolute Gasteiger partial charge is 0.270 e.